The van der Waals surface area contributed by atoms with Crippen LogP contribution in [0.4, 0.5) is 11.4 Å². The van der Waals surface area contributed by atoms with E-state index in [1.54, 1.807) is 54.9 Å². The molecule has 56 heavy (non-hydrogen) atoms. The Balaban J connectivity index is 1.05. The molecular formula is C50H56N2O4. The first-order chi connectivity index (χ1) is 27.5. The average Bonchev–Trinajstić information content (AvgIpc) is 3.23. The number of ether oxygens (including phenoxy) is 2. The van der Waals surface area contributed by atoms with Crippen molar-refractivity contribution >= 4 is 35.7 Å². The summed E-state index contributed by atoms with van der Waals surface area (Å²) >= 11 is 0. The first kappa shape index (κ1) is 41.5. The molecule has 0 radical (unpaired) electrons. The molecule has 6 heteroatoms. The van der Waals surface area contributed by atoms with Gasteiger partial charge in [-0.25, -0.2) is 9.59 Å². The topological polar surface area (TPSA) is 77.3 Å². The van der Waals surface area contributed by atoms with E-state index in [1.807, 2.05) is 48.5 Å². The van der Waals surface area contributed by atoms with Crippen molar-refractivity contribution in [1.82, 2.24) is 0 Å². The Kier molecular flexibility index (Phi) is 17.3. The third kappa shape index (κ3) is 14.6. The van der Waals surface area contributed by atoms with Crippen LogP contribution in [-0.2, 0) is 12.8 Å². The fourth-order valence-electron chi connectivity index (χ4n) is 6.36. The lowest BCUT2D eigenvalue weighted by molar-refractivity contribution is 0.0733. The van der Waals surface area contributed by atoms with Gasteiger partial charge >= 0.3 is 11.9 Å². The van der Waals surface area contributed by atoms with Crippen LogP contribution >= 0.6 is 0 Å². The van der Waals surface area contributed by atoms with Crippen LogP contribution in [0.25, 0.3) is 0 Å². The van der Waals surface area contributed by atoms with E-state index >= 15 is 0 Å². The van der Waals surface area contributed by atoms with Crippen molar-refractivity contribution < 1.29 is 19.1 Å². The fourth-order valence-corrected chi connectivity index (χ4v) is 6.36. The Morgan fingerprint density at radius 3 is 1.23 bits per heavy atom. The second kappa shape index (κ2) is 23.3. The summed E-state index contributed by atoms with van der Waals surface area (Å²) in [7, 11) is 0. The van der Waals surface area contributed by atoms with Crippen LogP contribution in [0.2, 0.25) is 0 Å². The van der Waals surface area contributed by atoms with Crippen molar-refractivity contribution in [1.29, 1.82) is 0 Å². The van der Waals surface area contributed by atoms with E-state index in [9.17, 15) is 9.59 Å². The predicted molar refractivity (Wildman–Crippen MR) is 231 cm³/mol. The molecular weight excluding hydrogens is 693 g/mol. The molecule has 0 bridgehead atoms. The van der Waals surface area contributed by atoms with Gasteiger partial charge in [0, 0.05) is 18.5 Å². The van der Waals surface area contributed by atoms with Gasteiger partial charge in [0.25, 0.3) is 0 Å². The van der Waals surface area contributed by atoms with Gasteiger partial charge in [0.1, 0.15) is 11.5 Å². The SMILES string of the molecule is CCCCCCCCc1ccc(/N=C/c2ccc(C(=O)Oc3cccc(OC(=O)c4ccc(/C=N/c5ccc(CCCCCCCC)cc5)cc4)c3)cc2)cc1. The Labute approximate surface area is 333 Å². The quantitative estimate of drug-likeness (QED) is 0.0306. The number of nitrogens with zero attached hydrogens (tertiary/aromatic N) is 2. The zero-order valence-corrected chi connectivity index (χ0v) is 33.1. The van der Waals surface area contributed by atoms with Crippen LogP contribution in [0.5, 0.6) is 11.5 Å². The van der Waals surface area contributed by atoms with Crippen molar-refractivity contribution in [3.05, 3.63) is 155 Å². The van der Waals surface area contributed by atoms with Gasteiger partial charge < -0.3 is 9.47 Å². The largest absolute Gasteiger partial charge is 0.423 e. The van der Waals surface area contributed by atoms with Crippen molar-refractivity contribution in [2.24, 2.45) is 9.98 Å². The molecule has 0 saturated carbocycles. The zero-order chi connectivity index (χ0) is 39.2. The Morgan fingerprint density at radius 1 is 0.464 bits per heavy atom. The minimum Gasteiger partial charge on any atom is -0.423 e. The fraction of sp³-hybridized carbons (Fsp3) is 0.320. The Morgan fingerprint density at radius 2 is 0.839 bits per heavy atom. The maximum Gasteiger partial charge on any atom is 0.343 e. The first-order valence-electron chi connectivity index (χ1n) is 20.5. The number of carbonyl (C=O) groups excluding carboxylic acids is 2. The van der Waals surface area contributed by atoms with E-state index in [1.165, 1.54) is 94.2 Å². The van der Waals surface area contributed by atoms with Crippen molar-refractivity contribution in [2.45, 2.75) is 104 Å². The lowest BCUT2D eigenvalue weighted by atomic mass is 10.0. The van der Waals surface area contributed by atoms with Gasteiger partial charge in [-0.2, -0.15) is 0 Å². The number of esters is 2. The molecule has 0 aliphatic carbocycles. The lowest BCUT2D eigenvalue weighted by Crippen LogP contribution is -2.10. The molecule has 0 atom stereocenters. The summed E-state index contributed by atoms with van der Waals surface area (Å²) in [5.41, 5.74) is 6.99. The summed E-state index contributed by atoms with van der Waals surface area (Å²) in [6.45, 7) is 4.49. The molecule has 0 saturated heterocycles. The molecule has 290 valence electrons. The summed E-state index contributed by atoms with van der Waals surface area (Å²) in [6, 6.07) is 37.4. The Bertz CT molecular complexity index is 1840. The second-order valence-electron chi connectivity index (χ2n) is 14.4. The number of hydrogen-bond donors (Lipinski definition) is 0. The smallest absolute Gasteiger partial charge is 0.343 e. The van der Waals surface area contributed by atoms with Gasteiger partial charge in [-0.05, 0) is 109 Å². The molecule has 0 unspecified atom stereocenters. The monoisotopic (exact) mass is 748 g/mol. The number of carbonyl (C=O) groups is 2. The minimum atomic E-state index is -0.515. The average molecular weight is 749 g/mol. The number of benzene rings is 5. The van der Waals surface area contributed by atoms with E-state index < -0.39 is 11.9 Å². The van der Waals surface area contributed by atoms with Gasteiger partial charge in [0.05, 0.1) is 22.5 Å². The molecule has 5 rings (SSSR count). The van der Waals surface area contributed by atoms with E-state index in [4.69, 9.17) is 9.47 Å². The predicted octanol–water partition coefficient (Wildman–Crippen LogP) is 13.4. The lowest BCUT2D eigenvalue weighted by Gasteiger charge is -2.08. The Hall–Kier alpha value is -5.62. The molecule has 0 spiro atoms. The number of unbranched alkanes of at least 4 members (excludes halogenated alkanes) is 10. The van der Waals surface area contributed by atoms with E-state index in [2.05, 4.69) is 48.1 Å². The van der Waals surface area contributed by atoms with Gasteiger partial charge in [-0.3, -0.25) is 9.98 Å². The van der Waals surface area contributed by atoms with Crippen LogP contribution in [-0.4, -0.2) is 24.4 Å². The highest BCUT2D eigenvalue weighted by Crippen LogP contribution is 2.23. The highest BCUT2D eigenvalue weighted by atomic mass is 16.5. The third-order valence-electron chi connectivity index (χ3n) is 9.76. The number of hydrogen-bond acceptors (Lipinski definition) is 6. The molecule has 0 aromatic heterocycles. The summed E-state index contributed by atoms with van der Waals surface area (Å²) < 4.78 is 11.2. The molecule has 0 fully saturated rings. The number of aryl methyl sites for hydroxylation is 2. The maximum absolute atomic E-state index is 12.9. The number of rotatable bonds is 22. The van der Waals surface area contributed by atoms with E-state index in [0.29, 0.717) is 11.1 Å². The molecule has 0 heterocycles. The second-order valence-corrected chi connectivity index (χ2v) is 14.4. The highest BCUT2D eigenvalue weighted by molar-refractivity contribution is 5.93. The van der Waals surface area contributed by atoms with Gasteiger partial charge in [-0.1, -0.05) is 133 Å². The van der Waals surface area contributed by atoms with Crippen LogP contribution in [0.3, 0.4) is 0 Å². The minimum absolute atomic E-state index is 0.271. The van der Waals surface area contributed by atoms with Crippen LogP contribution in [0.1, 0.15) is 134 Å². The molecule has 0 aliphatic rings. The van der Waals surface area contributed by atoms with Crippen LogP contribution in [0.15, 0.2) is 131 Å². The maximum atomic E-state index is 12.9. The summed E-state index contributed by atoms with van der Waals surface area (Å²) in [4.78, 5) is 35.0. The number of aliphatic imine (C=N–C) groups is 2. The van der Waals surface area contributed by atoms with Gasteiger partial charge in [-0.15, -0.1) is 0 Å². The third-order valence-corrected chi connectivity index (χ3v) is 9.76. The van der Waals surface area contributed by atoms with Crippen molar-refractivity contribution in [3.8, 4) is 11.5 Å². The molecule has 0 amide bonds. The van der Waals surface area contributed by atoms with Gasteiger partial charge in [0.2, 0.25) is 0 Å². The van der Waals surface area contributed by atoms with Gasteiger partial charge in [0.15, 0.2) is 0 Å². The van der Waals surface area contributed by atoms with E-state index in [-0.39, 0.29) is 11.5 Å². The van der Waals surface area contributed by atoms with Crippen LogP contribution < -0.4 is 9.47 Å². The molecule has 5 aromatic carbocycles. The van der Waals surface area contributed by atoms with Crippen molar-refractivity contribution in [3.63, 3.8) is 0 Å². The normalized spacial score (nSPS) is 11.3. The molecule has 5 aromatic rings. The molecule has 0 N–H and O–H groups in total. The summed E-state index contributed by atoms with van der Waals surface area (Å²) in [6.07, 6.45) is 21.3. The first-order valence-corrected chi connectivity index (χ1v) is 20.5. The van der Waals surface area contributed by atoms with Crippen molar-refractivity contribution in [2.75, 3.05) is 0 Å². The van der Waals surface area contributed by atoms with Crippen LogP contribution in [0, 0.1) is 0 Å². The molecule has 0 aliphatic heterocycles. The molecule has 6 nitrogen and oxygen atoms in total. The summed E-state index contributed by atoms with van der Waals surface area (Å²) in [5, 5.41) is 0. The summed E-state index contributed by atoms with van der Waals surface area (Å²) in [5.74, 6) is -0.487. The van der Waals surface area contributed by atoms with E-state index in [0.717, 1.165) is 35.3 Å². The standard InChI is InChI=1S/C50H56N2O4/c1-3-5-7-9-11-13-16-39-24-32-45(33-25-39)51-37-41-20-28-43(29-21-41)49(53)55-47-18-15-19-48(36-47)56-50(54)44-30-22-42(23-31-44)38-52-46-34-26-40(27-35-46)17-14-12-10-8-6-4-2/h15,18-38H,3-14,16-17H2,1-2H3/b51-37+,52-38+. The zero-order valence-electron chi connectivity index (χ0n) is 33.1. The highest BCUT2D eigenvalue weighted by Gasteiger charge is 2.12.